The predicted octanol–water partition coefficient (Wildman–Crippen LogP) is 1.47. The molecular formula is C20H25FN4O6S3. The average Bonchev–Trinajstić information content (AvgIpc) is 3.35. The number of hydroxylamine groups is 1. The van der Waals surface area contributed by atoms with Gasteiger partial charge in [0.25, 0.3) is 26.1 Å². The fraction of sp³-hybridized carbons (Fsp3) is 0.450. The molecule has 1 atom stereocenters. The lowest BCUT2D eigenvalue weighted by molar-refractivity contribution is -0.134. The monoisotopic (exact) mass is 532 g/mol. The molecule has 0 saturated carbocycles. The van der Waals surface area contributed by atoms with Gasteiger partial charge in [0.2, 0.25) is 0 Å². The van der Waals surface area contributed by atoms with Gasteiger partial charge in [-0.2, -0.15) is 21.3 Å². The van der Waals surface area contributed by atoms with Crippen molar-refractivity contribution < 1.29 is 31.2 Å². The number of benzene rings is 1. The van der Waals surface area contributed by atoms with Crippen molar-refractivity contribution in [1.82, 2.24) is 18.4 Å². The maximum atomic E-state index is 13.4. The molecule has 186 valence electrons. The van der Waals surface area contributed by atoms with Gasteiger partial charge in [0.1, 0.15) is 16.1 Å². The van der Waals surface area contributed by atoms with Gasteiger partial charge >= 0.3 is 0 Å². The van der Waals surface area contributed by atoms with E-state index in [9.17, 15) is 31.2 Å². The molecule has 1 amide bonds. The molecule has 14 heteroatoms. The first-order valence-corrected chi connectivity index (χ1v) is 14.4. The Kier molecular flexibility index (Phi) is 7.38. The SMILES string of the molecule is O=C(NO)[C@H]1CN(S(=O)(=O)N2CCCCC2)CCN1S(=O)(=O)c1ccc(-c2ccc(F)cc2)s1. The number of hydrogen-bond donors (Lipinski definition) is 2. The van der Waals surface area contributed by atoms with Crippen LogP contribution in [0.1, 0.15) is 19.3 Å². The number of amides is 1. The standard InChI is InChI=1S/C20H25FN4O6S3/c21-16-6-4-15(5-7-16)18-8-9-19(32-18)33(28,29)25-13-12-24(14-17(25)20(26)22-27)34(30,31)23-10-2-1-3-11-23/h4-9,17,27H,1-3,10-14H2,(H,22,26)/t17-/m1/s1. The minimum atomic E-state index is -4.18. The topological polar surface area (TPSA) is 127 Å². The van der Waals surface area contributed by atoms with E-state index in [0.717, 1.165) is 39.2 Å². The Morgan fingerprint density at radius 2 is 1.62 bits per heavy atom. The summed E-state index contributed by atoms with van der Waals surface area (Å²) >= 11 is 0.956. The average molecular weight is 533 g/mol. The van der Waals surface area contributed by atoms with Crippen LogP contribution < -0.4 is 5.48 Å². The largest absolute Gasteiger partial charge is 0.289 e. The molecule has 0 aliphatic carbocycles. The smallest absolute Gasteiger partial charge is 0.282 e. The number of hydrogen-bond acceptors (Lipinski definition) is 7. The summed E-state index contributed by atoms with van der Waals surface area (Å²) < 4.78 is 69.5. The number of nitrogens with zero attached hydrogens (tertiary/aromatic N) is 3. The van der Waals surface area contributed by atoms with E-state index in [-0.39, 0.29) is 17.3 Å². The van der Waals surface area contributed by atoms with Crippen molar-refractivity contribution in [1.29, 1.82) is 0 Å². The molecular weight excluding hydrogens is 507 g/mol. The van der Waals surface area contributed by atoms with Crippen molar-refractivity contribution in [2.45, 2.75) is 29.5 Å². The van der Waals surface area contributed by atoms with Crippen molar-refractivity contribution in [2.75, 3.05) is 32.7 Å². The molecule has 0 radical (unpaired) electrons. The third-order valence-corrected chi connectivity index (χ3v) is 11.5. The number of halogens is 1. The fourth-order valence-electron chi connectivity index (χ4n) is 4.13. The first-order valence-electron chi connectivity index (χ1n) is 10.7. The van der Waals surface area contributed by atoms with Crippen LogP contribution in [0.5, 0.6) is 0 Å². The van der Waals surface area contributed by atoms with Gasteiger partial charge in [-0.3, -0.25) is 10.0 Å². The number of sulfonamides is 1. The number of carbonyl (C=O) groups is 1. The Morgan fingerprint density at radius 1 is 0.941 bits per heavy atom. The third kappa shape index (κ3) is 4.89. The Hall–Kier alpha value is -1.94. The molecule has 10 nitrogen and oxygen atoms in total. The molecule has 1 aromatic heterocycles. The van der Waals surface area contributed by atoms with Gasteiger partial charge in [-0.15, -0.1) is 11.3 Å². The minimum absolute atomic E-state index is 0.0464. The first-order chi connectivity index (χ1) is 16.1. The second-order valence-corrected chi connectivity index (χ2v) is 13.2. The van der Waals surface area contributed by atoms with Crippen LogP contribution in [0, 0.1) is 5.82 Å². The van der Waals surface area contributed by atoms with Crippen molar-refractivity contribution >= 4 is 37.5 Å². The molecule has 0 bridgehead atoms. The quantitative estimate of drug-likeness (QED) is 0.429. The Bertz CT molecular complexity index is 1240. The number of piperazine rings is 1. The lowest BCUT2D eigenvalue weighted by Crippen LogP contribution is -2.62. The van der Waals surface area contributed by atoms with E-state index < -0.39 is 44.5 Å². The zero-order valence-corrected chi connectivity index (χ0v) is 20.6. The van der Waals surface area contributed by atoms with Gasteiger partial charge in [0, 0.05) is 37.6 Å². The molecule has 2 N–H and O–H groups in total. The van der Waals surface area contributed by atoms with E-state index in [0.29, 0.717) is 23.5 Å². The summed E-state index contributed by atoms with van der Waals surface area (Å²) in [6, 6.07) is 7.14. The lowest BCUT2D eigenvalue weighted by atomic mass is 10.2. The molecule has 0 spiro atoms. The number of piperidine rings is 1. The van der Waals surface area contributed by atoms with Gasteiger partial charge in [-0.1, -0.05) is 18.6 Å². The molecule has 2 aliphatic rings. The summed E-state index contributed by atoms with van der Waals surface area (Å²) in [5.41, 5.74) is 2.10. The van der Waals surface area contributed by atoms with E-state index in [1.807, 2.05) is 0 Å². The molecule has 4 rings (SSSR count). The predicted molar refractivity (Wildman–Crippen MR) is 123 cm³/mol. The van der Waals surface area contributed by atoms with Crippen LogP contribution in [0.4, 0.5) is 4.39 Å². The summed E-state index contributed by atoms with van der Waals surface area (Å²) in [4.78, 5) is 13.0. The van der Waals surface area contributed by atoms with Crippen LogP contribution in [-0.4, -0.2) is 79.6 Å². The summed E-state index contributed by atoms with van der Waals surface area (Å²) in [5.74, 6) is -1.43. The summed E-state index contributed by atoms with van der Waals surface area (Å²) in [6.45, 7) is -0.0421. The molecule has 2 saturated heterocycles. The number of nitrogens with one attached hydrogen (secondary N) is 1. The highest BCUT2D eigenvalue weighted by Gasteiger charge is 2.45. The van der Waals surface area contributed by atoms with Gasteiger partial charge in [0.15, 0.2) is 0 Å². The molecule has 34 heavy (non-hydrogen) atoms. The maximum Gasteiger partial charge on any atom is 0.282 e. The number of thiophene rings is 1. The van der Waals surface area contributed by atoms with Gasteiger partial charge < -0.3 is 0 Å². The highest BCUT2D eigenvalue weighted by Crippen LogP contribution is 2.34. The Morgan fingerprint density at radius 3 is 2.26 bits per heavy atom. The van der Waals surface area contributed by atoms with E-state index >= 15 is 0 Å². The van der Waals surface area contributed by atoms with Crippen LogP contribution in [0.3, 0.4) is 0 Å². The van der Waals surface area contributed by atoms with Crippen molar-refractivity contribution in [2.24, 2.45) is 0 Å². The zero-order chi connectivity index (χ0) is 24.5. The van der Waals surface area contributed by atoms with E-state index in [1.165, 1.54) is 40.1 Å². The lowest BCUT2D eigenvalue weighted by Gasteiger charge is -2.40. The number of carbonyl (C=O) groups excluding carboxylic acids is 1. The normalized spacial score (nSPS) is 21.4. The Balaban J connectivity index is 1.59. The molecule has 2 fully saturated rings. The maximum absolute atomic E-state index is 13.4. The van der Waals surface area contributed by atoms with Crippen molar-refractivity contribution in [3.05, 3.63) is 42.2 Å². The molecule has 0 unspecified atom stereocenters. The van der Waals surface area contributed by atoms with Crippen LogP contribution >= 0.6 is 11.3 Å². The summed E-state index contributed by atoms with van der Waals surface area (Å²) in [5, 5.41) is 9.23. The van der Waals surface area contributed by atoms with Crippen molar-refractivity contribution in [3.8, 4) is 10.4 Å². The van der Waals surface area contributed by atoms with Crippen LogP contribution in [-0.2, 0) is 25.0 Å². The van der Waals surface area contributed by atoms with Crippen molar-refractivity contribution in [3.63, 3.8) is 0 Å². The van der Waals surface area contributed by atoms with Gasteiger partial charge in [0.05, 0.1) is 0 Å². The highest BCUT2D eigenvalue weighted by molar-refractivity contribution is 7.91. The van der Waals surface area contributed by atoms with Gasteiger partial charge in [-0.05, 0) is 42.7 Å². The Labute approximate surface area is 201 Å². The van der Waals surface area contributed by atoms with E-state index in [4.69, 9.17) is 0 Å². The first kappa shape index (κ1) is 25.2. The second-order valence-electron chi connectivity index (χ2n) is 8.06. The second kappa shape index (κ2) is 9.97. The molecule has 1 aromatic carbocycles. The summed E-state index contributed by atoms with van der Waals surface area (Å²) in [7, 11) is -8.06. The van der Waals surface area contributed by atoms with Crippen LogP contribution in [0.2, 0.25) is 0 Å². The number of rotatable bonds is 6. The van der Waals surface area contributed by atoms with Crippen LogP contribution in [0.25, 0.3) is 10.4 Å². The zero-order valence-electron chi connectivity index (χ0n) is 18.1. The minimum Gasteiger partial charge on any atom is -0.289 e. The molecule has 2 aliphatic heterocycles. The molecule has 2 aromatic rings. The molecule has 3 heterocycles. The van der Waals surface area contributed by atoms with Crippen LogP contribution in [0.15, 0.2) is 40.6 Å². The third-order valence-electron chi connectivity index (χ3n) is 5.95. The highest BCUT2D eigenvalue weighted by atomic mass is 32.2. The fourth-order valence-corrected chi connectivity index (χ4v) is 8.83. The van der Waals surface area contributed by atoms with Gasteiger partial charge in [-0.25, -0.2) is 18.3 Å². The summed E-state index contributed by atoms with van der Waals surface area (Å²) in [6.07, 6.45) is 2.42. The van der Waals surface area contributed by atoms with E-state index in [2.05, 4.69) is 0 Å². The van der Waals surface area contributed by atoms with E-state index in [1.54, 1.807) is 6.07 Å².